The van der Waals surface area contributed by atoms with Crippen molar-refractivity contribution in [2.45, 2.75) is 20.3 Å². The lowest BCUT2D eigenvalue weighted by atomic mass is 9.93. The summed E-state index contributed by atoms with van der Waals surface area (Å²) in [6.07, 6.45) is 1.05. The van der Waals surface area contributed by atoms with Gasteiger partial charge in [-0.25, -0.2) is 0 Å². The predicted octanol–water partition coefficient (Wildman–Crippen LogP) is 6.69. The number of aryl methyl sites for hydroxylation is 2. The maximum Gasteiger partial charge on any atom is -0.00131 e. The Labute approximate surface area is 148 Å². The first-order valence-electron chi connectivity index (χ1n) is 8.92. The third-order valence-corrected chi connectivity index (χ3v) is 5.49. The van der Waals surface area contributed by atoms with Gasteiger partial charge in [0, 0.05) is 0 Å². The van der Waals surface area contributed by atoms with E-state index in [1.54, 1.807) is 0 Å². The highest BCUT2D eigenvalue weighted by molar-refractivity contribution is 5.99. The summed E-state index contributed by atoms with van der Waals surface area (Å²) in [7, 11) is 0. The van der Waals surface area contributed by atoms with Gasteiger partial charge in [0.2, 0.25) is 0 Å². The van der Waals surface area contributed by atoms with Gasteiger partial charge in [-0.2, -0.15) is 0 Å². The maximum atomic E-state index is 2.39. The lowest BCUT2D eigenvalue weighted by molar-refractivity contribution is 1.25. The van der Waals surface area contributed by atoms with Crippen molar-refractivity contribution in [1.29, 1.82) is 0 Å². The molecule has 0 saturated carbocycles. The summed E-state index contributed by atoms with van der Waals surface area (Å²) in [4.78, 5) is 0. The lowest BCUT2D eigenvalue weighted by Gasteiger charge is -2.11. The molecule has 4 aromatic carbocycles. The van der Waals surface area contributed by atoms with Gasteiger partial charge >= 0.3 is 0 Å². The molecule has 0 amide bonds. The molecule has 0 heterocycles. The van der Waals surface area contributed by atoms with Crippen molar-refractivity contribution in [3.63, 3.8) is 0 Å². The van der Waals surface area contributed by atoms with Gasteiger partial charge in [-0.05, 0) is 70.0 Å². The average Bonchev–Trinajstić information content (AvgIpc) is 2.98. The van der Waals surface area contributed by atoms with Crippen LogP contribution >= 0.6 is 0 Å². The topological polar surface area (TPSA) is 0 Å². The van der Waals surface area contributed by atoms with Gasteiger partial charge in [0.05, 0.1) is 0 Å². The van der Waals surface area contributed by atoms with E-state index in [9.17, 15) is 0 Å². The molecule has 0 N–H and O–H groups in total. The Balaban J connectivity index is 1.68. The first kappa shape index (κ1) is 14.5. The first-order valence-corrected chi connectivity index (χ1v) is 8.92. The number of fused-ring (bicyclic) bond motifs is 4. The van der Waals surface area contributed by atoms with Crippen LogP contribution in [-0.4, -0.2) is 0 Å². The molecule has 0 spiro atoms. The molecule has 0 bridgehead atoms. The number of hydrogen-bond donors (Lipinski definition) is 0. The molecule has 0 aliphatic heterocycles. The quantitative estimate of drug-likeness (QED) is 0.322. The van der Waals surface area contributed by atoms with Crippen molar-refractivity contribution in [3.8, 4) is 22.3 Å². The van der Waals surface area contributed by atoms with Crippen molar-refractivity contribution in [2.24, 2.45) is 0 Å². The molecular formula is C25H20. The minimum atomic E-state index is 1.05. The van der Waals surface area contributed by atoms with Gasteiger partial charge in [0.25, 0.3) is 0 Å². The Morgan fingerprint density at radius 3 is 2.12 bits per heavy atom. The molecule has 1 aliphatic carbocycles. The number of hydrogen-bond acceptors (Lipinski definition) is 0. The van der Waals surface area contributed by atoms with Crippen LogP contribution in [0.1, 0.15) is 22.3 Å². The predicted molar refractivity (Wildman–Crippen MR) is 107 cm³/mol. The summed E-state index contributed by atoms with van der Waals surface area (Å²) < 4.78 is 0. The Bertz CT molecular complexity index is 1130. The molecule has 0 saturated heterocycles. The largest absolute Gasteiger partial charge is 0.0616 e. The van der Waals surface area contributed by atoms with E-state index in [-0.39, 0.29) is 0 Å². The molecule has 0 aromatic heterocycles. The number of benzene rings is 4. The average molecular weight is 320 g/mol. The van der Waals surface area contributed by atoms with Crippen LogP contribution < -0.4 is 0 Å². The summed E-state index contributed by atoms with van der Waals surface area (Å²) >= 11 is 0. The summed E-state index contributed by atoms with van der Waals surface area (Å²) in [5, 5.41) is 2.69. The van der Waals surface area contributed by atoms with E-state index in [1.165, 1.54) is 55.3 Å². The van der Waals surface area contributed by atoms with Crippen LogP contribution in [0.3, 0.4) is 0 Å². The molecule has 1 aliphatic rings. The summed E-state index contributed by atoms with van der Waals surface area (Å²) in [6.45, 7) is 4.36. The zero-order valence-corrected chi connectivity index (χ0v) is 14.6. The Morgan fingerprint density at radius 2 is 1.28 bits per heavy atom. The molecule has 25 heavy (non-hydrogen) atoms. The molecule has 0 fully saturated rings. The van der Waals surface area contributed by atoms with E-state index in [1.807, 2.05) is 0 Å². The van der Waals surface area contributed by atoms with Gasteiger partial charge in [0.15, 0.2) is 0 Å². The normalized spacial score (nSPS) is 12.2. The van der Waals surface area contributed by atoms with Crippen LogP contribution in [-0.2, 0) is 6.42 Å². The van der Waals surface area contributed by atoms with Crippen molar-refractivity contribution in [1.82, 2.24) is 0 Å². The van der Waals surface area contributed by atoms with Crippen LogP contribution in [0.4, 0.5) is 0 Å². The molecule has 0 heteroatoms. The Kier molecular flexibility index (Phi) is 3.08. The summed E-state index contributed by atoms with van der Waals surface area (Å²) in [6, 6.07) is 27.0. The highest BCUT2D eigenvalue weighted by Crippen LogP contribution is 2.40. The van der Waals surface area contributed by atoms with Gasteiger partial charge in [-0.3, -0.25) is 0 Å². The molecule has 120 valence electrons. The van der Waals surface area contributed by atoms with E-state index in [4.69, 9.17) is 0 Å². The van der Waals surface area contributed by atoms with E-state index in [0.29, 0.717) is 0 Å². The molecule has 4 aromatic rings. The zero-order valence-electron chi connectivity index (χ0n) is 14.6. The second kappa shape index (κ2) is 5.32. The SMILES string of the molecule is Cc1ccc2c(c1)Cc1cc(-c3ccc(C)c4ccccc34)ccc1-2. The summed E-state index contributed by atoms with van der Waals surface area (Å²) in [5.41, 5.74) is 11.0. The maximum absolute atomic E-state index is 2.39. The molecule has 0 nitrogen and oxygen atoms in total. The van der Waals surface area contributed by atoms with E-state index in [0.717, 1.165) is 6.42 Å². The standard InChI is InChI=1S/C25H20/c1-16-7-10-23-19(13-16)15-20-14-18(9-12-24(20)23)22-11-8-17(2)21-5-3-4-6-25(21)22/h3-14H,15H2,1-2H3. The fourth-order valence-electron chi connectivity index (χ4n) is 4.21. The van der Waals surface area contributed by atoms with Crippen molar-refractivity contribution in [3.05, 3.63) is 95.1 Å². The van der Waals surface area contributed by atoms with E-state index >= 15 is 0 Å². The number of rotatable bonds is 1. The van der Waals surface area contributed by atoms with Crippen molar-refractivity contribution in [2.75, 3.05) is 0 Å². The zero-order chi connectivity index (χ0) is 17.0. The van der Waals surface area contributed by atoms with Gasteiger partial charge in [0.1, 0.15) is 0 Å². The van der Waals surface area contributed by atoms with Gasteiger partial charge in [-0.15, -0.1) is 0 Å². The fourth-order valence-corrected chi connectivity index (χ4v) is 4.21. The van der Waals surface area contributed by atoms with Gasteiger partial charge in [-0.1, -0.05) is 78.4 Å². The second-order valence-corrected chi connectivity index (χ2v) is 7.18. The van der Waals surface area contributed by atoms with E-state index in [2.05, 4.69) is 86.6 Å². The molecule has 5 rings (SSSR count). The molecule has 0 atom stereocenters. The smallest absolute Gasteiger partial charge is 0.00131 e. The second-order valence-electron chi connectivity index (χ2n) is 7.18. The van der Waals surface area contributed by atoms with Crippen LogP contribution in [0.2, 0.25) is 0 Å². The highest BCUT2D eigenvalue weighted by Gasteiger charge is 2.19. The third-order valence-electron chi connectivity index (χ3n) is 5.49. The van der Waals surface area contributed by atoms with E-state index < -0.39 is 0 Å². The van der Waals surface area contributed by atoms with Gasteiger partial charge < -0.3 is 0 Å². The van der Waals surface area contributed by atoms with Crippen molar-refractivity contribution >= 4 is 10.8 Å². The Hall–Kier alpha value is -2.86. The molecular weight excluding hydrogens is 300 g/mol. The fraction of sp³-hybridized carbons (Fsp3) is 0.120. The lowest BCUT2D eigenvalue weighted by Crippen LogP contribution is -1.87. The third kappa shape index (κ3) is 2.21. The van der Waals surface area contributed by atoms with Crippen LogP contribution in [0.15, 0.2) is 72.8 Å². The molecule has 0 unspecified atom stereocenters. The monoisotopic (exact) mass is 320 g/mol. The first-order chi connectivity index (χ1) is 12.2. The molecule has 0 radical (unpaired) electrons. The van der Waals surface area contributed by atoms with Crippen LogP contribution in [0.5, 0.6) is 0 Å². The Morgan fingerprint density at radius 1 is 0.600 bits per heavy atom. The van der Waals surface area contributed by atoms with Crippen molar-refractivity contribution < 1.29 is 0 Å². The minimum absolute atomic E-state index is 1.05. The summed E-state index contributed by atoms with van der Waals surface area (Å²) in [5.74, 6) is 0. The van der Waals surface area contributed by atoms with Crippen LogP contribution in [0.25, 0.3) is 33.0 Å². The highest BCUT2D eigenvalue weighted by atomic mass is 14.2. The van der Waals surface area contributed by atoms with Crippen LogP contribution in [0, 0.1) is 13.8 Å². The minimum Gasteiger partial charge on any atom is -0.0616 e.